The number of hydrogen-bond acceptors (Lipinski definition) is 7. The molecule has 0 aliphatic rings. The fraction of sp³-hybridized carbons (Fsp3) is 0.0952. The van der Waals surface area contributed by atoms with Crippen molar-refractivity contribution < 1.29 is 14.1 Å². The van der Waals surface area contributed by atoms with Gasteiger partial charge in [0.05, 0.1) is 25.2 Å². The second-order valence-electron chi connectivity index (χ2n) is 6.81. The first-order chi connectivity index (χ1) is 15.6. The number of anilines is 1. The van der Waals surface area contributed by atoms with Gasteiger partial charge in [0, 0.05) is 35.2 Å². The van der Waals surface area contributed by atoms with Gasteiger partial charge in [0.15, 0.2) is 11.4 Å². The molecular formula is C21H16ClN7O3. The van der Waals surface area contributed by atoms with Crippen LogP contribution in [0.25, 0.3) is 16.9 Å². The number of methoxy groups -OCH3 is 1. The number of carbonyl (C=O) groups is 1. The number of nitrogens with one attached hydrogen (secondary N) is 1. The summed E-state index contributed by atoms with van der Waals surface area (Å²) in [6, 6.07) is 8.67. The Labute approximate surface area is 186 Å². The number of rotatable bonds is 6. The van der Waals surface area contributed by atoms with E-state index in [1.165, 1.54) is 10.7 Å². The second-order valence-corrected chi connectivity index (χ2v) is 7.25. The van der Waals surface area contributed by atoms with Crippen LogP contribution in [0, 0.1) is 0 Å². The van der Waals surface area contributed by atoms with E-state index in [9.17, 15) is 4.79 Å². The monoisotopic (exact) mass is 449 g/mol. The standard InChI is InChI=1S/C21H16ClN7O3/c1-31-18-4-3-13(22)9-15(18)19-17(12-28(27-19)11-14-5-7-25-32-14)26-21(30)16-10-24-29-8-2-6-23-20(16)29/h2-10,12H,11H2,1H3,(H,26,30). The molecule has 0 aliphatic carbocycles. The van der Waals surface area contributed by atoms with Crippen LogP contribution in [0.15, 0.2) is 65.8 Å². The smallest absolute Gasteiger partial charge is 0.261 e. The minimum Gasteiger partial charge on any atom is -0.496 e. The van der Waals surface area contributed by atoms with Gasteiger partial charge in [-0.1, -0.05) is 16.8 Å². The Hall–Kier alpha value is -4.18. The third-order valence-electron chi connectivity index (χ3n) is 4.76. The molecule has 4 heterocycles. The summed E-state index contributed by atoms with van der Waals surface area (Å²) >= 11 is 6.23. The van der Waals surface area contributed by atoms with Crippen molar-refractivity contribution in [3.63, 3.8) is 0 Å². The highest BCUT2D eigenvalue weighted by molar-refractivity contribution is 6.31. The van der Waals surface area contributed by atoms with Crippen molar-refractivity contribution in [2.75, 3.05) is 12.4 Å². The zero-order valence-corrected chi connectivity index (χ0v) is 17.5. The molecule has 0 saturated heterocycles. The number of hydrogen-bond donors (Lipinski definition) is 1. The van der Waals surface area contributed by atoms with E-state index in [1.54, 1.807) is 66.9 Å². The highest BCUT2D eigenvalue weighted by Gasteiger charge is 2.21. The van der Waals surface area contributed by atoms with E-state index in [0.717, 1.165) is 0 Å². The van der Waals surface area contributed by atoms with Gasteiger partial charge in [-0.2, -0.15) is 10.2 Å². The van der Waals surface area contributed by atoms with Crippen molar-refractivity contribution in [3.8, 4) is 17.0 Å². The molecule has 0 fully saturated rings. The van der Waals surface area contributed by atoms with E-state index < -0.39 is 0 Å². The number of ether oxygens (including phenoxy) is 1. The summed E-state index contributed by atoms with van der Waals surface area (Å²) in [5.41, 5.74) is 2.36. The highest BCUT2D eigenvalue weighted by atomic mass is 35.5. The zero-order chi connectivity index (χ0) is 22.1. The molecule has 0 bridgehead atoms. The van der Waals surface area contributed by atoms with E-state index in [2.05, 4.69) is 25.7 Å². The van der Waals surface area contributed by atoms with Crippen molar-refractivity contribution in [1.82, 2.24) is 29.5 Å². The highest BCUT2D eigenvalue weighted by Crippen LogP contribution is 2.36. The Bertz CT molecular complexity index is 1410. The normalized spacial score (nSPS) is 11.1. The van der Waals surface area contributed by atoms with Gasteiger partial charge in [-0.25, -0.2) is 9.50 Å². The molecule has 1 amide bonds. The first-order valence-electron chi connectivity index (χ1n) is 9.53. The lowest BCUT2D eigenvalue weighted by atomic mass is 10.1. The van der Waals surface area contributed by atoms with E-state index in [1.807, 2.05) is 0 Å². The third-order valence-corrected chi connectivity index (χ3v) is 4.99. The van der Waals surface area contributed by atoms with Crippen LogP contribution < -0.4 is 10.1 Å². The minimum atomic E-state index is -0.375. The van der Waals surface area contributed by atoms with Crippen LogP contribution in [-0.2, 0) is 6.54 Å². The molecule has 4 aromatic heterocycles. The van der Waals surface area contributed by atoms with Crippen LogP contribution in [-0.4, -0.2) is 42.6 Å². The quantitative estimate of drug-likeness (QED) is 0.421. The summed E-state index contributed by atoms with van der Waals surface area (Å²) < 4.78 is 13.8. The first kappa shape index (κ1) is 19.8. The Kier molecular flexibility index (Phi) is 5.04. The van der Waals surface area contributed by atoms with Gasteiger partial charge in [0.2, 0.25) is 0 Å². The molecule has 1 aromatic carbocycles. The van der Waals surface area contributed by atoms with Gasteiger partial charge < -0.3 is 14.6 Å². The molecule has 32 heavy (non-hydrogen) atoms. The maximum absolute atomic E-state index is 13.1. The van der Waals surface area contributed by atoms with E-state index in [-0.39, 0.29) is 5.91 Å². The number of benzene rings is 1. The van der Waals surface area contributed by atoms with Gasteiger partial charge >= 0.3 is 0 Å². The lowest BCUT2D eigenvalue weighted by Gasteiger charge is -2.09. The van der Waals surface area contributed by atoms with Crippen LogP contribution in [0.1, 0.15) is 16.1 Å². The summed E-state index contributed by atoms with van der Waals surface area (Å²) in [5.74, 6) is 0.800. The lowest BCUT2D eigenvalue weighted by Crippen LogP contribution is -2.12. The number of amides is 1. The fourth-order valence-corrected chi connectivity index (χ4v) is 3.49. The van der Waals surface area contributed by atoms with Gasteiger partial charge in [-0.15, -0.1) is 0 Å². The summed E-state index contributed by atoms with van der Waals surface area (Å²) in [6.07, 6.45) is 8.05. The second kappa shape index (κ2) is 8.16. The van der Waals surface area contributed by atoms with Crippen molar-refractivity contribution in [2.24, 2.45) is 0 Å². The molecule has 160 valence electrons. The molecular weight excluding hydrogens is 434 g/mol. The molecule has 0 aliphatic heterocycles. The van der Waals surface area contributed by atoms with Crippen LogP contribution >= 0.6 is 11.6 Å². The van der Waals surface area contributed by atoms with Crippen molar-refractivity contribution in [3.05, 3.63) is 77.7 Å². The minimum absolute atomic E-state index is 0.323. The van der Waals surface area contributed by atoms with Gasteiger partial charge in [-0.05, 0) is 24.3 Å². The molecule has 1 N–H and O–H groups in total. The molecule has 0 saturated carbocycles. The average Bonchev–Trinajstić information content (AvgIpc) is 3.54. The van der Waals surface area contributed by atoms with Crippen molar-refractivity contribution >= 4 is 28.8 Å². The summed E-state index contributed by atoms with van der Waals surface area (Å²) in [7, 11) is 1.56. The van der Waals surface area contributed by atoms with Gasteiger partial charge in [0.25, 0.3) is 5.91 Å². The van der Waals surface area contributed by atoms with E-state index in [4.69, 9.17) is 20.9 Å². The Morgan fingerprint density at radius 1 is 1.28 bits per heavy atom. The maximum Gasteiger partial charge on any atom is 0.261 e. The number of nitrogens with zero attached hydrogens (tertiary/aromatic N) is 6. The van der Waals surface area contributed by atoms with Crippen LogP contribution in [0.3, 0.4) is 0 Å². The molecule has 10 nitrogen and oxygen atoms in total. The molecule has 0 spiro atoms. The predicted octanol–water partition coefficient (Wildman–Crippen LogP) is 3.54. The maximum atomic E-state index is 13.1. The Balaban J connectivity index is 1.56. The number of fused-ring (bicyclic) bond motifs is 1. The molecule has 0 radical (unpaired) electrons. The predicted molar refractivity (Wildman–Crippen MR) is 116 cm³/mol. The van der Waals surface area contributed by atoms with E-state index in [0.29, 0.717) is 51.2 Å². The summed E-state index contributed by atoms with van der Waals surface area (Å²) in [5, 5.41) is 16.0. The molecule has 11 heteroatoms. The van der Waals surface area contributed by atoms with Crippen LogP contribution in [0.2, 0.25) is 5.02 Å². The Morgan fingerprint density at radius 2 is 2.19 bits per heavy atom. The summed E-state index contributed by atoms with van der Waals surface area (Å²) in [6.45, 7) is 0.323. The molecule has 5 rings (SSSR count). The summed E-state index contributed by atoms with van der Waals surface area (Å²) in [4.78, 5) is 17.3. The molecule has 0 unspecified atom stereocenters. The number of carbonyl (C=O) groups excluding carboxylic acids is 1. The van der Waals surface area contributed by atoms with Gasteiger partial charge in [0.1, 0.15) is 23.6 Å². The van der Waals surface area contributed by atoms with E-state index >= 15 is 0 Å². The largest absolute Gasteiger partial charge is 0.496 e. The molecule has 5 aromatic rings. The lowest BCUT2D eigenvalue weighted by molar-refractivity contribution is 0.102. The number of aromatic nitrogens is 6. The van der Waals surface area contributed by atoms with Crippen molar-refractivity contribution in [2.45, 2.75) is 6.54 Å². The molecule has 0 atom stereocenters. The fourth-order valence-electron chi connectivity index (χ4n) is 3.32. The Morgan fingerprint density at radius 3 is 3.00 bits per heavy atom. The zero-order valence-electron chi connectivity index (χ0n) is 16.8. The van der Waals surface area contributed by atoms with Crippen molar-refractivity contribution in [1.29, 1.82) is 0 Å². The average molecular weight is 450 g/mol. The first-order valence-corrected chi connectivity index (χ1v) is 9.91. The number of halogens is 1. The van der Waals surface area contributed by atoms with Gasteiger partial charge in [-0.3, -0.25) is 9.48 Å². The van der Waals surface area contributed by atoms with Crippen LogP contribution in [0.4, 0.5) is 5.69 Å². The van der Waals surface area contributed by atoms with Crippen LogP contribution in [0.5, 0.6) is 5.75 Å². The topological polar surface area (TPSA) is 112 Å². The third kappa shape index (κ3) is 3.67. The SMILES string of the molecule is COc1ccc(Cl)cc1-c1nn(Cc2ccno2)cc1NC(=O)c1cnn2cccnc12.